The van der Waals surface area contributed by atoms with Crippen LogP contribution in [-0.2, 0) is 16.1 Å². The van der Waals surface area contributed by atoms with E-state index in [9.17, 15) is 14.3 Å². The Morgan fingerprint density at radius 3 is 2.52 bits per heavy atom. The van der Waals surface area contributed by atoms with Gasteiger partial charge in [-0.05, 0) is 20.3 Å². The van der Waals surface area contributed by atoms with Crippen LogP contribution >= 0.6 is 0 Å². The molecule has 0 radical (unpaired) electrons. The van der Waals surface area contributed by atoms with Crippen molar-refractivity contribution < 1.29 is 19.0 Å². The number of hydrogen-bond donors (Lipinski definition) is 3. The second kappa shape index (κ2) is 10.7. The minimum atomic E-state index is -0.680. The number of nitrogens with zero attached hydrogens (tertiary/aromatic N) is 4. The summed E-state index contributed by atoms with van der Waals surface area (Å²) in [4.78, 5) is 24.8. The minimum absolute atomic E-state index is 0.218. The van der Waals surface area contributed by atoms with E-state index in [1.807, 2.05) is 13.8 Å². The molecule has 2 heterocycles. The van der Waals surface area contributed by atoms with Crippen LogP contribution in [0.25, 0.3) is 11.1 Å². The van der Waals surface area contributed by atoms with E-state index in [-0.39, 0.29) is 24.4 Å². The number of aliphatic hydroxyl groups is 1. The van der Waals surface area contributed by atoms with Gasteiger partial charge < -0.3 is 20.5 Å². The van der Waals surface area contributed by atoms with E-state index in [0.29, 0.717) is 17.1 Å². The van der Waals surface area contributed by atoms with Crippen molar-refractivity contribution in [1.29, 1.82) is 5.41 Å². The van der Waals surface area contributed by atoms with Crippen LogP contribution < -0.4 is 10.6 Å². The highest BCUT2D eigenvalue weighted by Gasteiger charge is 2.21. The number of anilines is 1. The number of nitrogens with one attached hydrogen (secondary N) is 1. The first kappa shape index (κ1) is 24.5. The van der Waals surface area contributed by atoms with Gasteiger partial charge in [0.05, 0.1) is 5.60 Å². The maximum atomic E-state index is 15.0. The van der Waals surface area contributed by atoms with Gasteiger partial charge in [-0.1, -0.05) is 18.2 Å². The lowest BCUT2D eigenvalue weighted by atomic mass is 10.1. The van der Waals surface area contributed by atoms with E-state index in [1.165, 1.54) is 6.07 Å². The molecule has 0 amide bonds. The van der Waals surface area contributed by atoms with Crippen molar-refractivity contribution in [2.45, 2.75) is 38.9 Å². The van der Waals surface area contributed by atoms with Gasteiger partial charge in [0.2, 0.25) is 5.95 Å². The molecule has 0 atom stereocenters. The summed E-state index contributed by atoms with van der Waals surface area (Å²) in [6.07, 6.45) is 3.57. The van der Waals surface area contributed by atoms with Gasteiger partial charge in [-0.25, -0.2) is 14.4 Å². The van der Waals surface area contributed by atoms with Gasteiger partial charge in [0.25, 0.3) is 0 Å². The number of rotatable bonds is 9. The highest BCUT2D eigenvalue weighted by molar-refractivity contribution is 5.94. The number of ether oxygens (including phenoxy) is 1. The van der Waals surface area contributed by atoms with E-state index in [0.717, 1.165) is 39.1 Å². The molecule has 33 heavy (non-hydrogen) atoms. The fraction of sp³-hybridized carbons (Fsp3) is 0.478. The summed E-state index contributed by atoms with van der Waals surface area (Å²) in [5.74, 6) is -0.900. The van der Waals surface area contributed by atoms with E-state index >= 15 is 0 Å². The van der Waals surface area contributed by atoms with Crippen LogP contribution in [0.4, 0.5) is 10.3 Å². The molecule has 3 rings (SSSR count). The molecule has 0 saturated carbocycles. The van der Waals surface area contributed by atoms with Crippen LogP contribution in [0, 0.1) is 11.2 Å². The zero-order valence-corrected chi connectivity index (χ0v) is 19.1. The lowest BCUT2D eigenvalue weighted by Gasteiger charge is -2.35. The average molecular weight is 459 g/mol. The first-order valence-corrected chi connectivity index (χ1v) is 10.9. The summed E-state index contributed by atoms with van der Waals surface area (Å²) in [6.45, 7) is 7.51. The third kappa shape index (κ3) is 7.19. The van der Waals surface area contributed by atoms with Crippen LogP contribution in [0.1, 0.15) is 32.3 Å². The zero-order valence-electron chi connectivity index (χ0n) is 19.1. The Morgan fingerprint density at radius 2 is 1.91 bits per heavy atom. The van der Waals surface area contributed by atoms with Crippen molar-refractivity contribution in [3.05, 3.63) is 42.0 Å². The fourth-order valence-electron chi connectivity index (χ4n) is 3.51. The number of halogens is 1. The molecule has 4 N–H and O–H groups in total. The first-order chi connectivity index (χ1) is 15.6. The molecule has 0 bridgehead atoms. The molecule has 1 saturated heterocycles. The third-order valence-electron chi connectivity index (χ3n) is 5.45. The summed E-state index contributed by atoms with van der Waals surface area (Å²) in [7, 11) is 0. The van der Waals surface area contributed by atoms with Crippen molar-refractivity contribution in [1.82, 2.24) is 14.9 Å². The van der Waals surface area contributed by atoms with E-state index in [4.69, 9.17) is 15.9 Å². The van der Waals surface area contributed by atoms with E-state index in [2.05, 4.69) is 19.8 Å². The normalized spacial score (nSPS) is 14.8. The standard InChI is InChI=1S/C23H31FN6O3/c1-23(2,32)6-7-29-8-10-30(11-9-29)22-27-13-17(14-28-22)18-5-3-4-16(21(18)24)15-33-20(31)12-19(25)26/h3-5,13-14,32H,6-12,15H2,1-2H3,(H3,25,26). The predicted octanol–water partition coefficient (Wildman–Crippen LogP) is 1.93. The number of carbonyl (C=O) groups excluding carboxylic acids is 1. The van der Waals surface area contributed by atoms with Gasteiger partial charge >= 0.3 is 5.97 Å². The van der Waals surface area contributed by atoms with Crippen LogP contribution in [0.3, 0.4) is 0 Å². The zero-order chi connectivity index (χ0) is 24.0. The number of benzene rings is 1. The summed E-state index contributed by atoms with van der Waals surface area (Å²) in [5, 5.41) is 17.0. The molecular weight excluding hydrogens is 427 g/mol. The molecule has 1 aliphatic heterocycles. The Balaban J connectivity index is 1.60. The molecule has 1 aromatic heterocycles. The van der Waals surface area contributed by atoms with Gasteiger partial charge in [-0.3, -0.25) is 15.1 Å². The van der Waals surface area contributed by atoms with Crippen molar-refractivity contribution >= 4 is 17.8 Å². The van der Waals surface area contributed by atoms with Crippen molar-refractivity contribution in [2.75, 3.05) is 37.6 Å². The van der Waals surface area contributed by atoms with Crippen molar-refractivity contribution in [2.24, 2.45) is 5.73 Å². The first-order valence-electron chi connectivity index (χ1n) is 10.9. The molecule has 0 spiro atoms. The summed E-state index contributed by atoms with van der Waals surface area (Å²) >= 11 is 0. The van der Waals surface area contributed by atoms with Crippen LogP contribution in [0.5, 0.6) is 0 Å². The van der Waals surface area contributed by atoms with E-state index < -0.39 is 17.4 Å². The van der Waals surface area contributed by atoms with Crippen LogP contribution in [-0.4, -0.2) is 70.1 Å². The average Bonchev–Trinajstić information content (AvgIpc) is 2.77. The molecule has 1 aliphatic rings. The summed E-state index contributed by atoms with van der Waals surface area (Å²) in [6, 6.07) is 4.83. The molecule has 1 aromatic carbocycles. The van der Waals surface area contributed by atoms with Gasteiger partial charge in [-0.2, -0.15) is 0 Å². The van der Waals surface area contributed by atoms with Gasteiger partial charge in [0.1, 0.15) is 24.7 Å². The maximum Gasteiger partial charge on any atom is 0.313 e. The second-order valence-electron chi connectivity index (χ2n) is 8.80. The number of carbonyl (C=O) groups is 1. The quantitative estimate of drug-likeness (QED) is 0.295. The molecule has 2 aromatic rings. The smallest absolute Gasteiger partial charge is 0.313 e. The monoisotopic (exact) mass is 458 g/mol. The Labute approximate surface area is 192 Å². The van der Waals surface area contributed by atoms with Crippen molar-refractivity contribution in [3.8, 4) is 11.1 Å². The highest BCUT2D eigenvalue weighted by Crippen LogP contribution is 2.25. The lowest BCUT2D eigenvalue weighted by molar-refractivity contribution is -0.143. The number of nitrogens with two attached hydrogens (primary N) is 1. The summed E-state index contributed by atoms with van der Waals surface area (Å²) < 4.78 is 20.0. The number of piperazine rings is 1. The number of hydrogen-bond acceptors (Lipinski definition) is 8. The van der Waals surface area contributed by atoms with Gasteiger partial charge in [-0.15, -0.1) is 0 Å². The van der Waals surface area contributed by atoms with Crippen molar-refractivity contribution in [3.63, 3.8) is 0 Å². The van der Waals surface area contributed by atoms with Crippen LogP contribution in [0.15, 0.2) is 30.6 Å². The van der Waals surface area contributed by atoms with E-state index in [1.54, 1.807) is 24.5 Å². The fourth-order valence-corrected chi connectivity index (χ4v) is 3.51. The Bertz CT molecular complexity index is 969. The predicted molar refractivity (Wildman–Crippen MR) is 123 cm³/mol. The summed E-state index contributed by atoms with van der Waals surface area (Å²) in [5.41, 5.74) is 5.57. The largest absolute Gasteiger partial charge is 0.460 e. The molecule has 178 valence electrons. The highest BCUT2D eigenvalue weighted by atomic mass is 19.1. The third-order valence-corrected chi connectivity index (χ3v) is 5.45. The number of esters is 1. The van der Waals surface area contributed by atoms with Gasteiger partial charge in [0.15, 0.2) is 0 Å². The minimum Gasteiger partial charge on any atom is -0.460 e. The second-order valence-corrected chi connectivity index (χ2v) is 8.80. The van der Waals surface area contributed by atoms with Crippen LogP contribution in [0.2, 0.25) is 0 Å². The Kier molecular flexibility index (Phi) is 7.93. The molecule has 10 heteroatoms. The number of amidine groups is 1. The topological polar surface area (TPSA) is 129 Å². The lowest BCUT2D eigenvalue weighted by Crippen LogP contribution is -2.48. The maximum absolute atomic E-state index is 15.0. The molecule has 0 aliphatic carbocycles. The van der Waals surface area contributed by atoms with Gasteiger partial charge in [0, 0.05) is 61.8 Å². The molecule has 9 nitrogen and oxygen atoms in total. The number of aromatic nitrogens is 2. The Hall–Kier alpha value is -3.11. The molecule has 1 fully saturated rings. The Morgan fingerprint density at radius 1 is 1.24 bits per heavy atom. The SMILES string of the molecule is CC(C)(O)CCN1CCN(c2ncc(-c3cccc(COC(=O)CC(=N)N)c3F)cn2)CC1. The molecular formula is C23H31FN6O3. The molecule has 0 unspecified atom stereocenters.